The Labute approximate surface area is 135 Å². The van der Waals surface area contributed by atoms with E-state index in [1.54, 1.807) is 26.8 Å². The van der Waals surface area contributed by atoms with Crippen LogP contribution in [0.5, 0.6) is 5.75 Å². The van der Waals surface area contributed by atoms with Gasteiger partial charge in [0.05, 0.1) is 18.0 Å². The Kier molecular flexibility index (Phi) is 6.52. The summed E-state index contributed by atoms with van der Waals surface area (Å²) < 4.78 is 32.8. The van der Waals surface area contributed by atoms with Crippen LogP contribution < -0.4 is 15.2 Å². The second kappa shape index (κ2) is 7.93. The Hall–Kier alpha value is -2.13. The Morgan fingerprint density at radius 1 is 1.22 bits per heavy atom. The number of amides is 1. The van der Waals surface area contributed by atoms with Crippen molar-refractivity contribution in [1.82, 2.24) is 5.32 Å². The lowest BCUT2D eigenvalue weighted by atomic mass is 10.1. The van der Waals surface area contributed by atoms with Gasteiger partial charge in [-0.1, -0.05) is 0 Å². The summed E-state index contributed by atoms with van der Waals surface area (Å²) in [7, 11) is -3.79. The number of primary sulfonamides is 1. The first kappa shape index (κ1) is 18.9. The largest absolute Gasteiger partial charge is 0.491 e. The molecule has 0 heterocycles. The number of sulfonamides is 1. The number of nitrogens with two attached hydrogens (primary N) is 1. The number of aryl methyl sites for hydroxylation is 2. The average molecular weight is 344 g/mol. The second-order valence-electron chi connectivity index (χ2n) is 4.75. The minimum absolute atomic E-state index is 0.0398. The number of benzene rings is 1. The molecule has 128 valence electrons. The van der Waals surface area contributed by atoms with E-state index in [1.807, 2.05) is 0 Å². The predicted molar refractivity (Wildman–Crippen MR) is 82.4 cm³/mol. The van der Waals surface area contributed by atoms with Gasteiger partial charge < -0.3 is 14.8 Å². The molecule has 0 saturated heterocycles. The van der Waals surface area contributed by atoms with Gasteiger partial charge in [0.15, 0.2) is 0 Å². The summed E-state index contributed by atoms with van der Waals surface area (Å²) in [5.74, 6) is -1.31. The third kappa shape index (κ3) is 5.53. The number of carbonyl (C=O) groups excluding carboxylic acids is 2. The zero-order valence-electron chi connectivity index (χ0n) is 13.2. The van der Waals surface area contributed by atoms with Gasteiger partial charge >= 0.3 is 11.9 Å². The molecule has 0 unspecified atom stereocenters. The van der Waals surface area contributed by atoms with E-state index in [1.165, 1.54) is 6.07 Å². The van der Waals surface area contributed by atoms with E-state index in [9.17, 15) is 18.0 Å². The number of hydrogen-bond donors (Lipinski definition) is 2. The molecule has 0 saturated carbocycles. The number of carbonyl (C=O) groups is 2. The molecule has 0 aliphatic rings. The third-order valence-corrected chi connectivity index (χ3v) is 3.94. The molecule has 8 nitrogen and oxygen atoms in total. The SMILES string of the molecule is CCOC(=O)C(=O)NCCOc1cc(C)c(S(N)(=O)=O)cc1C. The molecule has 1 amide bonds. The number of esters is 1. The fraction of sp³-hybridized carbons (Fsp3) is 0.429. The van der Waals surface area contributed by atoms with Crippen LogP contribution in [-0.2, 0) is 24.3 Å². The van der Waals surface area contributed by atoms with E-state index in [4.69, 9.17) is 9.88 Å². The highest BCUT2D eigenvalue weighted by Crippen LogP contribution is 2.25. The number of nitrogens with one attached hydrogen (secondary N) is 1. The fourth-order valence-corrected chi connectivity index (χ4v) is 2.67. The fourth-order valence-electron chi connectivity index (χ4n) is 1.82. The molecule has 9 heteroatoms. The molecular formula is C14H20N2O6S. The normalized spacial score (nSPS) is 11.0. The molecule has 1 rings (SSSR count). The van der Waals surface area contributed by atoms with Gasteiger partial charge in [-0.3, -0.25) is 4.79 Å². The molecule has 0 bridgehead atoms. The van der Waals surface area contributed by atoms with Gasteiger partial charge in [0.25, 0.3) is 0 Å². The van der Waals surface area contributed by atoms with E-state index in [0.29, 0.717) is 16.9 Å². The van der Waals surface area contributed by atoms with Crippen LogP contribution in [0.1, 0.15) is 18.1 Å². The molecule has 3 N–H and O–H groups in total. The van der Waals surface area contributed by atoms with Crippen LogP contribution in [0.15, 0.2) is 17.0 Å². The molecule has 0 atom stereocenters. The van der Waals surface area contributed by atoms with E-state index in [0.717, 1.165) is 0 Å². The zero-order valence-corrected chi connectivity index (χ0v) is 14.0. The molecule has 0 aromatic heterocycles. The highest BCUT2D eigenvalue weighted by Gasteiger charge is 2.15. The van der Waals surface area contributed by atoms with Crippen LogP contribution in [-0.4, -0.2) is 40.1 Å². The van der Waals surface area contributed by atoms with Crippen molar-refractivity contribution < 1.29 is 27.5 Å². The van der Waals surface area contributed by atoms with Crippen molar-refractivity contribution in [2.75, 3.05) is 19.8 Å². The van der Waals surface area contributed by atoms with Crippen molar-refractivity contribution in [1.29, 1.82) is 0 Å². The highest BCUT2D eigenvalue weighted by molar-refractivity contribution is 7.89. The summed E-state index contributed by atoms with van der Waals surface area (Å²) in [5, 5.41) is 7.48. The van der Waals surface area contributed by atoms with Crippen LogP contribution in [0.25, 0.3) is 0 Å². The lowest BCUT2D eigenvalue weighted by Crippen LogP contribution is -2.35. The molecule has 1 aromatic carbocycles. The Bertz CT molecular complexity index is 699. The van der Waals surface area contributed by atoms with E-state index in [-0.39, 0.29) is 24.7 Å². The summed E-state index contributed by atoms with van der Waals surface area (Å²) in [6.07, 6.45) is 0. The lowest BCUT2D eigenvalue weighted by molar-refractivity contribution is -0.154. The van der Waals surface area contributed by atoms with Gasteiger partial charge in [-0.05, 0) is 44.0 Å². The highest BCUT2D eigenvalue weighted by atomic mass is 32.2. The molecule has 0 aliphatic heterocycles. The van der Waals surface area contributed by atoms with E-state index >= 15 is 0 Å². The lowest BCUT2D eigenvalue weighted by Gasteiger charge is -2.12. The van der Waals surface area contributed by atoms with Crippen LogP contribution in [0, 0.1) is 13.8 Å². The summed E-state index contributed by atoms with van der Waals surface area (Å²) in [6, 6.07) is 2.99. The number of hydrogen-bond acceptors (Lipinski definition) is 6. The van der Waals surface area contributed by atoms with E-state index < -0.39 is 21.9 Å². The number of ether oxygens (including phenoxy) is 2. The predicted octanol–water partition coefficient (Wildman–Crippen LogP) is 0.00894. The number of rotatable bonds is 6. The molecule has 0 aliphatic carbocycles. The molecule has 1 aromatic rings. The van der Waals surface area contributed by atoms with Crippen molar-refractivity contribution in [3.63, 3.8) is 0 Å². The average Bonchev–Trinajstić information content (AvgIpc) is 2.45. The summed E-state index contributed by atoms with van der Waals surface area (Å²) in [6.45, 7) is 5.23. The van der Waals surface area contributed by atoms with Crippen LogP contribution >= 0.6 is 0 Å². The summed E-state index contributed by atoms with van der Waals surface area (Å²) >= 11 is 0. The molecule has 0 fully saturated rings. The molecule has 23 heavy (non-hydrogen) atoms. The van der Waals surface area contributed by atoms with Crippen molar-refractivity contribution in [2.45, 2.75) is 25.7 Å². The third-order valence-electron chi connectivity index (χ3n) is 2.89. The Morgan fingerprint density at radius 3 is 2.43 bits per heavy atom. The first-order valence-electron chi connectivity index (χ1n) is 6.88. The molecule has 0 radical (unpaired) electrons. The van der Waals surface area contributed by atoms with Gasteiger partial charge in [0.2, 0.25) is 10.0 Å². The van der Waals surface area contributed by atoms with Gasteiger partial charge in [-0.25, -0.2) is 18.4 Å². The minimum Gasteiger partial charge on any atom is -0.491 e. The van der Waals surface area contributed by atoms with Crippen molar-refractivity contribution in [3.8, 4) is 5.75 Å². The second-order valence-corrected chi connectivity index (χ2v) is 6.28. The maximum Gasteiger partial charge on any atom is 0.396 e. The quantitative estimate of drug-likeness (QED) is 0.425. The minimum atomic E-state index is -3.79. The van der Waals surface area contributed by atoms with Crippen LogP contribution in [0.3, 0.4) is 0 Å². The van der Waals surface area contributed by atoms with Crippen LogP contribution in [0.2, 0.25) is 0 Å². The maximum absolute atomic E-state index is 11.4. The van der Waals surface area contributed by atoms with Gasteiger partial charge in [-0.15, -0.1) is 0 Å². The molecule has 0 spiro atoms. The first-order valence-corrected chi connectivity index (χ1v) is 8.43. The summed E-state index contributed by atoms with van der Waals surface area (Å²) in [4.78, 5) is 22.4. The van der Waals surface area contributed by atoms with Crippen molar-refractivity contribution in [2.24, 2.45) is 5.14 Å². The zero-order chi connectivity index (χ0) is 17.6. The molecular weight excluding hydrogens is 324 g/mol. The monoisotopic (exact) mass is 344 g/mol. The van der Waals surface area contributed by atoms with Gasteiger partial charge in [-0.2, -0.15) is 0 Å². The van der Waals surface area contributed by atoms with E-state index in [2.05, 4.69) is 10.1 Å². The standard InChI is InChI=1S/C14H20N2O6S/c1-4-21-14(18)13(17)16-5-6-22-11-7-10(3)12(8-9(11)2)23(15,19)20/h7-8H,4-6H2,1-3H3,(H,16,17)(H2,15,19,20). The van der Waals surface area contributed by atoms with Crippen molar-refractivity contribution >= 4 is 21.9 Å². The maximum atomic E-state index is 11.4. The Morgan fingerprint density at radius 2 is 1.87 bits per heavy atom. The summed E-state index contributed by atoms with van der Waals surface area (Å²) in [5.41, 5.74) is 1.06. The van der Waals surface area contributed by atoms with Crippen molar-refractivity contribution in [3.05, 3.63) is 23.3 Å². The smallest absolute Gasteiger partial charge is 0.396 e. The first-order chi connectivity index (χ1) is 10.7. The van der Waals surface area contributed by atoms with Gasteiger partial charge in [0, 0.05) is 0 Å². The Balaban J connectivity index is 2.61. The van der Waals surface area contributed by atoms with Crippen LogP contribution in [0.4, 0.5) is 0 Å². The van der Waals surface area contributed by atoms with Gasteiger partial charge in [0.1, 0.15) is 12.4 Å². The topological polar surface area (TPSA) is 125 Å².